The van der Waals surface area contributed by atoms with E-state index in [2.05, 4.69) is 6.92 Å². The third kappa shape index (κ3) is 4.27. The molecule has 0 aliphatic carbocycles. The topological polar surface area (TPSA) is 55.2 Å². The van der Waals surface area contributed by atoms with E-state index in [9.17, 15) is 14.0 Å². The lowest BCUT2D eigenvalue weighted by Gasteiger charge is -2.29. The van der Waals surface area contributed by atoms with E-state index in [4.69, 9.17) is 4.98 Å². The molecule has 0 aliphatic heterocycles. The molecule has 30 heavy (non-hydrogen) atoms. The first kappa shape index (κ1) is 21.7. The molecule has 1 unspecified atom stereocenters. The first-order valence-electron chi connectivity index (χ1n) is 10.6. The Hall–Kier alpha value is -3.02. The molecule has 3 rings (SSSR count). The van der Waals surface area contributed by atoms with Crippen LogP contribution in [0.5, 0.6) is 0 Å². The van der Waals surface area contributed by atoms with Crippen LogP contribution in [0.3, 0.4) is 0 Å². The number of carbonyl (C=O) groups excluding carboxylic acids is 1. The maximum Gasteiger partial charge on any atom is 0.266 e. The number of hydrogen-bond donors (Lipinski definition) is 0. The maximum absolute atomic E-state index is 14.7. The van der Waals surface area contributed by atoms with Gasteiger partial charge in [0.25, 0.3) is 5.56 Å². The number of hydrogen-bond acceptors (Lipinski definition) is 3. The molecule has 0 radical (unpaired) electrons. The Kier molecular flexibility index (Phi) is 6.98. The molecule has 0 fully saturated rings. The van der Waals surface area contributed by atoms with Gasteiger partial charge in [0, 0.05) is 13.0 Å². The van der Waals surface area contributed by atoms with Crippen LogP contribution in [0, 0.1) is 5.82 Å². The zero-order valence-electron chi connectivity index (χ0n) is 17.8. The van der Waals surface area contributed by atoms with Crippen LogP contribution in [-0.4, -0.2) is 26.9 Å². The molecule has 0 spiro atoms. The number of benzene rings is 2. The maximum atomic E-state index is 14.7. The highest BCUT2D eigenvalue weighted by molar-refractivity contribution is 5.79. The molecule has 0 bridgehead atoms. The van der Waals surface area contributed by atoms with Crippen LogP contribution >= 0.6 is 0 Å². The highest BCUT2D eigenvalue weighted by atomic mass is 19.1. The van der Waals surface area contributed by atoms with Gasteiger partial charge in [-0.25, -0.2) is 9.37 Å². The molecule has 0 N–H and O–H groups in total. The van der Waals surface area contributed by atoms with E-state index >= 15 is 0 Å². The number of rotatable bonds is 8. The Labute approximate surface area is 176 Å². The van der Waals surface area contributed by atoms with Crippen molar-refractivity contribution in [1.82, 2.24) is 14.5 Å². The van der Waals surface area contributed by atoms with Gasteiger partial charge in [-0.15, -0.1) is 0 Å². The van der Waals surface area contributed by atoms with Crippen molar-refractivity contribution in [2.45, 2.75) is 52.5 Å². The normalized spacial score (nSPS) is 12.1. The van der Waals surface area contributed by atoms with Gasteiger partial charge in [0.15, 0.2) is 0 Å². The second-order valence-corrected chi connectivity index (χ2v) is 7.39. The number of aromatic nitrogens is 2. The van der Waals surface area contributed by atoms with Crippen LogP contribution in [0.15, 0.2) is 53.3 Å². The third-order valence-corrected chi connectivity index (χ3v) is 5.39. The lowest BCUT2D eigenvalue weighted by Crippen LogP contribution is -2.37. The number of nitrogens with zero attached hydrogens (tertiary/aromatic N) is 3. The summed E-state index contributed by atoms with van der Waals surface area (Å²) >= 11 is 0. The van der Waals surface area contributed by atoms with E-state index in [1.165, 1.54) is 10.6 Å². The summed E-state index contributed by atoms with van der Waals surface area (Å²) in [5.74, 6) is -0.141. The van der Waals surface area contributed by atoms with Crippen LogP contribution in [0.25, 0.3) is 16.6 Å². The smallest absolute Gasteiger partial charge is 0.266 e. The summed E-state index contributed by atoms with van der Waals surface area (Å²) in [7, 11) is 0. The fourth-order valence-corrected chi connectivity index (χ4v) is 3.77. The number of para-hydroxylation sites is 2. The minimum Gasteiger partial charge on any atom is -0.333 e. The molecule has 2 aromatic carbocycles. The monoisotopic (exact) mass is 409 g/mol. The van der Waals surface area contributed by atoms with Crippen molar-refractivity contribution in [3.63, 3.8) is 0 Å². The Bertz CT molecular complexity index is 1090. The van der Waals surface area contributed by atoms with Gasteiger partial charge in [-0.1, -0.05) is 44.0 Å². The fraction of sp³-hybridized carbons (Fsp3) is 0.375. The van der Waals surface area contributed by atoms with Crippen molar-refractivity contribution in [3.05, 3.63) is 70.5 Å². The zero-order valence-corrected chi connectivity index (χ0v) is 17.8. The number of unbranched alkanes of at least 4 members (excludes halogenated alkanes) is 2. The third-order valence-electron chi connectivity index (χ3n) is 5.39. The Morgan fingerprint density at radius 3 is 2.50 bits per heavy atom. The largest absolute Gasteiger partial charge is 0.333 e. The van der Waals surface area contributed by atoms with Crippen LogP contribution < -0.4 is 5.56 Å². The molecule has 1 heterocycles. The average Bonchev–Trinajstić information content (AvgIpc) is 2.75. The van der Waals surface area contributed by atoms with Gasteiger partial charge in [-0.3, -0.25) is 14.2 Å². The van der Waals surface area contributed by atoms with Gasteiger partial charge in [-0.05, 0) is 44.5 Å². The molecule has 3 aromatic rings. The van der Waals surface area contributed by atoms with Crippen LogP contribution in [-0.2, 0) is 4.79 Å². The lowest BCUT2D eigenvalue weighted by molar-refractivity contribution is -0.133. The van der Waals surface area contributed by atoms with E-state index in [1.807, 2.05) is 19.9 Å². The molecule has 5 nitrogen and oxygen atoms in total. The number of fused-ring (bicyclic) bond motifs is 1. The van der Waals surface area contributed by atoms with Crippen molar-refractivity contribution >= 4 is 16.8 Å². The van der Waals surface area contributed by atoms with Crippen molar-refractivity contribution < 1.29 is 9.18 Å². The first-order chi connectivity index (χ1) is 14.5. The molecule has 1 amide bonds. The second kappa shape index (κ2) is 9.65. The molecule has 1 atom stereocenters. The van der Waals surface area contributed by atoms with Crippen molar-refractivity contribution in [1.29, 1.82) is 0 Å². The summed E-state index contributed by atoms with van der Waals surface area (Å²) in [4.78, 5) is 32.6. The van der Waals surface area contributed by atoms with Crippen LogP contribution in [0.1, 0.15) is 58.3 Å². The van der Waals surface area contributed by atoms with Gasteiger partial charge in [0.05, 0.1) is 22.6 Å². The number of halogens is 1. The van der Waals surface area contributed by atoms with Gasteiger partial charge in [-0.2, -0.15) is 0 Å². The predicted molar refractivity (Wildman–Crippen MR) is 117 cm³/mol. The first-order valence-corrected chi connectivity index (χ1v) is 10.6. The minimum absolute atomic E-state index is 0.0148. The summed E-state index contributed by atoms with van der Waals surface area (Å²) in [6.45, 7) is 6.32. The van der Waals surface area contributed by atoms with E-state index in [-0.39, 0.29) is 17.2 Å². The SMILES string of the molecule is CCCCCC(=O)N(CC)C(C)c1nc2ccccc2c(=O)n1-c1ccccc1F. The molecule has 0 saturated carbocycles. The minimum atomic E-state index is -0.512. The van der Waals surface area contributed by atoms with Crippen molar-refractivity contribution in [2.24, 2.45) is 0 Å². The molecule has 6 heteroatoms. The lowest BCUT2D eigenvalue weighted by atomic mass is 10.1. The Morgan fingerprint density at radius 1 is 1.10 bits per heavy atom. The second-order valence-electron chi connectivity index (χ2n) is 7.39. The average molecular weight is 410 g/mol. The standard InChI is InChI=1S/C24H28FN3O2/c1-4-6-7-16-22(29)27(5-2)17(3)23-26-20-14-10-8-12-18(20)24(30)28(23)21-15-11-9-13-19(21)25/h8-15,17H,4-7,16H2,1-3H3. The van der Waals surface area contributed by atoms with E-state index in [0.29, 0.717) is 29.7 Å². The van der Waals surface area contributed by atoms with Gasteiger partial charge in [0.1, 0.15) is 11.6 Å². The van der Waals surface area contributed by atoms with Crippen LogP contribution in [0.4, 0.5) is 4.39 Å². The van der Waals surface area contributed by atoms with Gasteiger partial charge >= 0.3 is 0 Å². The predicted octanol–water partition coefficient (Wildman–Crippen LogP) is 5.01. The molecule has 0 aliphatic rings. The van der Waals surface area contributed by atoms with E-state index in [1.54, 1.807) is 41.3 Å². The quantitative estimate of drug-likeness (QED) is 0.491. The van der Waals surface area contributed by atoms with E-state index < -0.39 is 11.9 Å². The van der Waals surface area contributed by atoms with Gasteiger partial charge < -0.3 is 4.90 Å². The molecule has 1 aromatic heterocycles. The Balaban J connectivity index is 2.16. The summed E-state index contributed by atoms with van der Waals surface area (Å²) < 4.78 is 16.0. The number of carbonyl (C=O) groups is 1. The summed E-state index contributed by atoms with van der Waals surface area (Å²) in [5, 5.41) is 0.411. The summed E-state index contributed by atoms with van der Waals surface area (Å²) in [6, 6.07) is 12.7. The molecular weight excluding hydrogens is 381 g/mol. The molecule has 0 saturated heterocycles. The Morgan fingerprint density at radius 2 is 1.80 bits per heavy atom. The highest BCUT2D eigenvalue weighted by Crippen LogP contribution is 2.24. The van der Waals surface area contributed by atoms with Crippen molar-refractivity contribution in [2.75, 3.05) is 6.54 Å². The number of amides is 1. The van der Waals surface area contributed by atoms with E-state index in [0.717, 1.165) is 19.3 Å². The molecule has 158 valence electrons. The zero-order chi connectivity index (χ0) is 21.7. The van der Waals surface area contributed by atoms with Crippen LogP contribution in [0.2, 0.25) is 0 Å². The fourth-order valence-electron chi connectivity index (χ4n) is 3.77. The molecular formula is C24H28FN3O2. The van der Waals surface area contributed by atoms with Crippen molar-refractivity contribution in [3.8, 4) is 5.69 Å². The van der Waals surface area contributed by atoms with Gasteiger partial charge in [0.2, 0.25) is 5.91 Å². The highest BCUT2D eigenvalue weighted by Gasteiger charge is 2.26. The summed E-state index contributed by atoms with van der Waals surface area (Å²) in [5.41, 5.74) is 0.325. The summed E-state index contributed by atoms with van der Waals surface area (Å²) in [6.07, 6.45) is 3.30.